The lowest BCUT2D eigenvalue weighted by Gasteiger charge is -2.23. The van der Waals surface area contributed by atoms with Crippen LogP contribution in [0.4, 0.5) is 5.69 Å². The first-order chi connectivity index (χ1) is 16.4. The van der Waals surface area contributed by atoms with Gasteiger partial charge in [-0.25, -0.2) is 0 Å². The first-order valence-corrected chi connectivity index (χ1v) is 11.7. The molecular weight excluding hydrogens is 434 g/mol. The van der Waals surface area contributed by atoms with E-state index in [1.54, 1.807) is 14.2 Å². The molecule has 34 heavy (non-hydrogen) atoms. The third-order valence-corrected chi connectivity index (χ3v) is 6.42. The first kappa shape index (κ1) is 24.2. The second-order valence-electron chi connectivity index (χ2n) is 8.96. The number of pyridine rings is 1. The molecule has 1 N–H and O–H groups in total. The van der Waals surface area contributed by atoms with Gasteiger partial charge in [-0.05, 0) is 45.7 Å². The fourth-order valence-electron chi connectivity index (χ4n) is 4.69. The minimum atomic E-state index is 0.0325. The molecule has 1 fully saturated rings. The van der Waals surface area contributed by atoms with Crippen molar-refractivity contribution in [3.8, 4) is 16.9 Å². The number of hydrogen-bond donors (Lipinski definition) is 1. The second kappa shape index (κ2) is 10.5. The van der Waals surface area contributed by atoms with E-state index < -0.39 is 0 Å². The maximum atomic E-state index is 13.1. The molecule has 3 aromatic rings. The highest BCUT2D eigenvalue weighted by atomic mass is 16.5. The highest BCUT2D eigenvalue weighted by molar-refractivity contribution is 5.99. The number of fused-ring (bicyclic) bond motifs is 1. The van der Waals surface area contributed by atoms with Crippen LogP contribution in [0.5, 0.6) is 5.75 Å². The molecule has 0 amide bonds. The number of methoxy groups -OCH3 is 2. The number of carbonyl (C=O) groups is 1. The van der Waals surface area contributed by atoms with Crippen LogP contribution in [0.1, 0.15) is 36.8 Å². The monoisotopic (exact) mass is 467 g/mol. The highest BCUT2D eigenvalue weighted by Gasteiger charge is 2.25. The summed E-state index contributed by atoms with van der Waals surface area (Å²) in [4.78, 5) is 17.8. The lowest BCUT2D eigenvalue weighted by atomic mass is 9.90. The zero-order chi connectivity index (χ0) is 24.2. The van der Waals surface area contributed by atoms with Gasteiger partial charge in [0.15, 0.2) is 0 Å². The van der Waals surface area contributed by atoms with Crippen LogP contribution in [-0.2, 0) is 20.7 Å². The van der Waals surface area contributed by atoms with E-state index in [1.807, 2.05) is 32.2 Å². The number of nitrogens with one attached hydrogen (secondary N) is 1. The standard InChI is InChI=1S/C26H33N3O5/c1-15(14-31-4)28-26-19(10-23(30)18-6-8-33-9-7-18)13-27-22-11-21(24(32-5)12-20(22)26)25-16(2)29-34-17(25)3/h11-13,15,18H,6-10,14H2,1-5H3,(H,27,28). The van der Waals surface area contributed by atoms with Crippen molar-refractivity contribution in [3.63, 3.8) is 0 Å². The molecule has 1 aliphatic rings. The summed E-state index contributed by atoms with van der Waals surface area (Å²) in [6.45, 7) is 7.67. The number of Topliss-reactive ketones (excluding diaryl/α,β-unsaturated/α-hetero) is 1. The van der Waals surface area contributed by atoms with E-state index in [0.717, 1.165) is 57.6 Å². The lowest BCUT2D eigenvalue weighted by Crippen LogP contribution is -2.26. The number of hydrogen-bond acceptors (Lipinski definition) is 8. The largest absolute Gasteiger partial charge is 0.496 e. The molecule has 0 spiro atoms. The summed E-state index contributed by atoms with van der Waals surface area (Å²) in [7, 11) is 3.33. The van der Waals surface area contributed by atoms with Gasteiger partial charge in [0.05, 0.1) is 30.5 Å². The summed E-state index contributed by atoms with van der Waals surface area (Å²) in [6.07, 6.45) is 3.68. The van der Waals surface area contributed by atoms with Crippen molar-refractivity contribution in [2.24, 2.45) is 5.92 Å². The molecule has 0 radical (unpaired) electrons. The summed E-state index contributed by atoms with van der Waals surface area (Å²) >= 11 is 0. The van der Waals surface area contributed by atoms with E-state index in [0.29, 0.717) is 32.0 Å². The highest BCUT2D eigenvalue weighted by Crippen LogP contribution is 2.40. The quantitative estimate of drug-likeness (QED) is 0.491. The molecule has 8 nitrogen and oxygen atoms in total. The summed E-state index contributed by atoms with van der Waals surface area (Å²) in [5.74, 6) is 1.68. The van der Waals surface area contributed by atoms with Crippen molar-refractivity contribution in [2.45, 2.75) is 46.1 Å². The molecule has 0 bridgehead atoms. The van der Waals surface area contributed by atoms with Crippen LogP contribution in [0.25, 0.3) is 22.0 Å². The third-order valence-electron chi connectivity index (χ3n) is 6.42. The number of anilines is 1. The summed E-state index contributed by atoms with van der Waals surface area (Å²) < 4.78 is 21.9. The number of ether oxygens (including phenoxy) is 3. The molecular formula is C26H33N3O5. The molecule has 182 valence electrons. The van der Waals surface area contributed by atoms with Gasteiger partial charge in [0.1, 0.15) is 17.3 Å². The minimum absolute atomic E-state index is 0.0325. The van der Waals surface area contributed by atoms with Gasteiger partial charge in [0.2, 0.25) is 0 Å². The maximum absolute atomic E-state index is 13.1. The van der Waals surface area contributed by atoms with Gasteiger partial charge in [-0.3, -0.25) is 9.78 Å². The molecule has 1 aromatic carbocycles. The van der Waals surface area contributed by atoms with E-state index >= 15 is 0 Å². The molecule has 0 aliphatic carbocycles. The van der Waals surface area contributed by atoms with Crippen molar-refractivity contribution < 1.29 is 23.5 Å². The normalized spacial score (nSPS) is 15.4. The van der Waals surface area contributed by atoms with Crippen molar-refractivity contribution in [1.82, 2.24) is 10.1 Å². The summed E-state index contributed by atoms with van der Waals surface area (Å²) in [5, 5.41) is 8.55. The average molecular weight is 468 g/mol. The smallest absolute Gasteiger partial charge is 0.141 e. The molecule has 3 heterocycles. The van der Waals surface area contributed by atoms with E-state index in [1.165, 1.54) is 0 Å². The van der Waals surface area contributed by atoms with Gasteiger partial charge in [0, 0.05) is 67.1 Å². The fraction of sp³-hybridized carbons (Fsp3) is 0.500. The SMILES string of the molecule is COCC(C)Nc1c(CC(=O)C2CCOCC2)cnc2cc(-c3c(C)noc3C)c(OC)cc12. The summed E-state index contributed by atoms with van der Waals surface area (Å²) in [6, 6.07) is 4.02. The van der Waals surface area contributed by atoms with E-state index in [-0.39, 0.29) is 17.7 Å². The fourth-order valence-corrected chi connectivity index (χ4v) is 4.69. The topological polar surface area (TPSA) is 95.7 Å². The van der Waals surface area contributed by atoms with Gasteiger partial charge < -0.3 is 24.1 Å². The van der Waals surface area contributed by atoms with Gasteiger partial charge in [-0.1, -0.05) is 5.16 Å². The third kappa shape index (κ3) is 4.93. The van der Waals surface area contributed by atoms with Crippen molar-refractivity contribution in [2.75, 3.05) is 39.4 Å². The molecule has 1 saturated heterocycles. The number of aryl methyl sites for hydroxylation is 2. The predicted molar refractivity (Wildman–Crippen MR) is 130 cm³/mol. The number of carbonyl (C=O) groups excluding carboxylic acids is 1. The van der Waals surface area contributed by atoms with E-state index in [2.05, 4.69) is 17.4 Å². The predicted octanol–water partition coefficient (Wildman–Crippen LogP) is 4.50. The van der Waals surface area contributed by atoms with Crippen LogP contribution in [0.3, 0.4) is 0 Å². The Kier molecular flexibility index (Phi) is 7.48. The number of nitrogens with zero attached hydrogens (tertiary/aromatic N) is 2. The Morgan fingerprint density at radius 3 is 2.65 bits per heavy atom. The Bertz CT molecular complexity index is 1150. The summed E-state index contributed by atoms with van der Waals surface area (Å²) in [5.41, 5.74) is 5.13. The van der Waals surface area contributed by atoms with Gasteiger partial charge in [0.25, 0.3) is 0 Å². The molecule has 2 aromatic heterocycles. The Hall–Kier alpha value is -2.97. The Labute approximate surface area is 200 Å². The van der Waals surface area contributed by atoms with Gasteiger partial charge in [-0.2, -0.15) is 0 Å². The second-order valence-corrected chi connectivity index (χ2v) is 8.96. The lowest BCUT2D eigenvalue weighted by molar-refractivity contribution is -0.125. The van der Waals surface area contributed by atoms with E-state index in [4.69, 9.17) is 23.7 Å². The number of rotatable bonds is 9. The number of aromatic nitrogens is 2. The maximum Gasteiger partial charge on any atom is 0.141 e. The average Bonchev–Trinajstić information content (AvgIpc) is 3.18. The van der Waals surface area contributed by atoms with Crippen LogP contribution >= 0.6 is 0 Å². The van der Waals surface area contributed by atoms with Gasteiger partial charge >= 0.3 is 0 Å². The molecule has 8 heteroatoms. The van der Waals surface area contributed by atoms with Crippen molar-refractivity contribution in [1.29, 1.82) is 0 Å². The van der Waals surface area contributed by atoms with Crippen LogP contribution in [0.15, 0.2) is 22.9 Å². The molecule has 1 atom stereocenters. The Morgan fingerprint density at radius 2 is 2.00 bits per heavy atom. The molecule has 0 saturated carbocycles. The van der Waals surface area contributed by atoms with Crippen molar-refractivity contribution in [3.05, 3.63) is 35.3 Å². The zero-order valence-corrected chi connectivity index (χ0v) is 20.6. The van der Waals surface area contributed by atoms with Gasteiger partial charge in [-0.15, -0.1) is 0 Å². The molecule has 4 rings (SSSR count). The van der Waals surface area contributed by atoms with Crippen LogP contribution in [0.2, 0.25) is 0 Å². The zero-order valence-electron chi connectivity index (χ0n) is 20.6. The number of benzene rings is 1. The Morgan fingerprint density at radius 1 is 1.24 bits per heavy atom. The first-order valence-electron chi connectivity index (χ1n) is 11.7. The van der Waals surface area contributed by atoms with Crippen LogP contribution in [-0.4, -0.2) is 56.0 Å². The minimum Gasteiger partial charge on any atom is -0.496 e. The number of ketones is 1. The molecule has 1 aliphatic heterocycles. The Balaban J connectivity index is 1.80. The van der Waals surface area contributed by atoms with E-state index in [9.17, 15) is 4.79 Å². The van der Waals surface area contributed by atoms with Crippen molar-refractivity contribution >= 4 is 22.4 Å². The van der Waals surface area contributed by atoms with Crippen LogP contribution in [0, 0.1) is 19.8 Å². The molecule has 1 unspecified atom stereocenters. The van der Waals surface area contributed by atoms with Crippen LogP contribution < -0.4 is 10.1 Å².